The van der Waals surface area contributed by atoms with Gasteiger partial charge in [-0.25, -0.2) is 13.1 Å². The molecule has 72 heavy (non-hydrogen) atoms. The molecule has 0 unspecified atom stereocenters. The highest BCUT2D eigenvalue weighted by Gasteiger charge is 2.50. The monoisotopic (exact) mass is 1000 g/mol. The van der Waals surface area contributed by atoms with Gasteiger partial charge in [0.2, 0.25) is 5.88 Å². The molecular weight excluding hydrogens is 937 g/mol. The third-order valence-corrected chi connectivity index (χ3v) is 18.2. The zero-order valence-electron chi connectivity index (χ0n) is 41.2. The van der Waals surface area contributed by atoms with E-state index in [1.165, 1.54) is 42.9 Å². The number of piperazine rings is 1. The van der Waals surface area contributed by atoms with Gasteiger partial charge in [0, 0.05) is 93.3 Å². The van der Waals surface area contributed by atoms with Gasteiger partial charge in [0.15, 0.2) is 11.4 Å². The van der Waals surface area contributed by atoms with Gasteiger partial charge in [-0.1, -0.05) is 24.3 Å². The number of nitrogens with one attached hydrogen (secondary N) is 3. The number of pyridine rings is 1. The summed E-state index contributed by atoms with van der Waals surface area (Å²) in [5.41, 5.74) is 5.55. The Morgan fingerprint density at radius 2 is 1.76 bits per heavy atom. The second-order valence-electron chi connectivity index (χ2n) is 21.5. The van der Waals surface area contributed by atoms with E-state index < -0.39 is 37.5 Å². The fraction of sp³-hybridized carbons (Fsp3) is 0.509. The van der Waals surface area contributed by atoms with Gasteiger partial charge in [-0.3, -0.25) is 29.6 Å². The van der Waals surface area contributed by atoms with Gasteiger partial charge in [-0.15, -0.1) is 0 Å². The van der Waals surface area contributed by atoms with E-state index in [1.54, 1.807) is 6.07 Å². The average Bonchev–Trinajstić information content (AvgIpc) is 4.16. The Bertz CT molecular complexity index is 3020. The number of sulfonamides is 1. The lowest BCUT2D eigenvalue weighted by Crippen LogP contribution is -2.55. The van der Waals surface area contributed by atoms with Crippen LogP contribution in [0.1, 0.15) is 79.9 Å². The van der Waals surface area contributed by atoms with Crippen LogP contribution in [0.15, 0.2) is 77.8 Å². The first-order chi connectivity index (χ1) is 34.8. The van der Waals surface area contributed by atoms with Crippen molar-refractivity contribution in [3.05, 3.63) is 99.7 Å². The molecular formula is C53H64N10O8S. The molecule has 1 saturated carbocycles. The molecule has 6 aliphatic heterocycles. The van der Waals surface area contributed by atoms with Crippen molar-refractivity contribution in [3.63, 3.8) is 0 Å². The van der Waals surface area contributed by atoms with Crippen LogP contribution < -0.4 is 29.3 Å². The zero-order chi connectivity index (χ0) is 49.5. The summed E-state index contributed by atoms with van der Waals surface area (Å²) in [5, 5.41) is 16.7. The summed E-state index contributed by atoms with van der Waals surface area (Å²) in [5.74, 6) is -0.488. The molecule has 5 fully saturated rings. The number of nitro groups is 1. The molecule has 4 saturated heterocycles. The number of aryl methyl sites for hydroxylation is 1. The molecule has 1 spiro atoms. The quantitative estimate of drug-likeness (QED) is 0.0907. The Labute approximate surface area is 420 Å². The average molecular weight is 1000 g/mol. The van der Waals surface area contributed by atoms with Crippen molar-refractivity contribution in [2.75, 3.05) is 87.3 Å². The minimum atomic E-state index is -4.69. The van der Waals surface area contributed by atoms with Gasteiger partial charge in [0.05, 0.1) is 46.4 Å². The molecule has 7 aliphatic rings. The number of amides is 1. The Morgan fingerprint density at radius 1 is 0.958 bits per heavy atom. The van der Waals surface area contributed by atoms with Crippen LogP contribution in [0.5, 0.6) is 11.6 Å². The summed E-state index contributed by atoms with van der Waals surface area (Å²) in [6, 6.07) is 21.4. The molecule has 1 aliphatic carbocycles. The number of likely N-dealkylation sites (tertiary alicyclic amines) is 1. The lowest BCUT2D eigenvalue weighted by atomic mass is 9.59. The highest BCUT2D eigenvalue weighted by atomic mass is 32.2. The number of piperidine rings is 1. The van der Waals surface area contributed by atoms with Gasteiger partial charge in [0.1, 0.15) is 24.0 Å². The van der Waals surface area contributed by atoms with Crippen molar-refractivity contribution in [1.82, 2.24) is 29.4 Å². The van der Waals surface area contributed by atoms with Crippen LogP contribution in [-0.4, -0.2) is 146 Å². The van der Waals surface area contributed by atoms with Gasteiger partial charge >= 0.3 is 0 Å². The van der Waals surface area contributed by atoms with E-state index in [9.17, 15) is 23.3 Å². The lowest BCUT2D eigenvalue weighted by Gasteiger charge is -2.56. The summed E-state index contributed by atoms with van der Waals surface area (Å²) in [6.45, 7) is 14.4. The van der Waals surface area contributed by atoms with Crippen LogP contribution in [0.4, 0.5) is 28.4 Å². The van der Waals surface area contributed by atoms with Crippen LogP contribution in [0.25, 0.3) is 11.0 Å². The first kappa shape index (κ1) is 47.0. The molecule has 12 rings (SSSR count). The zero-order valence-corrected chi connectivity index (χ0v) is 42.0. The Kier molecular flexibility index (Phi) is 12.1. The maximum absolute atomic E-state index is 14.8. The number of hydrogen-bond acceptors (Lipinski definition) is 15. The summed E-state index contributed by atoms with van der Waals surface area (Å²) in [6.07, 6.45) is 8.34. The topological polar surface area (TPSA) is 191 Å². The predicted molar refractivity (Wildman–Crippen MR) is 274 cm³/mol. The van der Waals surface area contributed by atoms with Gasteiger partial charge in [-0.05, 0) is 113 Å². The van der Waals surface area contributed by atoms with Crippen molar-refractivity contribution in [2.45, 2.75) is 101 Å². The Balaban J connectivity index is 0.812. The number of hydrogen-bond donors (Lipinski definition) is 3. The molecule has 0 radical (unpaired) electrons. The van der Waals surface area contributed by atoms with Crippen molar-refractivity contribution in [2.24, 2.45) is 5.41 Å². The molecule has 4 atom stereocenters. The first-order valence-corrected chi connectivity index (χ1v) is 27.3. The Hall–Kier alpha value is -5.99. The number of anilines is 4. The molecule has 1 amide bonds. The highest BCUT2D eigenvalue weighted by Crippen LogP contribution is 2.55. The first-order valence-electron chi connectivity index (χ1n) is 25.8. The summed E-state index contributed by atoms with van der Waals surface area (Å²) in [7, 11) is -4.69. The number of rotatable bonds is 11. The number of H-pyrrole nitrogens is 1. The molecule has 18 nitrogen and oxygen atoms in total. The third-order valence-electron chi connectivity index (χ3n) is 16.9. The fourth-order valence-electron chi connectivity index (χ4n) is 12.8. The van der Waals surface area contributed by atoms with E-state index in [-0.39, 0.29) is 35.7 Å². The number of aromatic amines is 1. The molecule has 3 aromatic carbocycles. The maximum Gasteiger partial charge on any atom is 0.297 e. The van der Waals surface area contributed by atoms with Crippen LogP contribution >= 0.6 is 0 Å². The number of benzene rings is 3. The lowest BCUT2D eigenvalue weighted by molar-refractivity contribution is -0.384. The number of fused-ring (bicyclic) bond motifs is 4. The standard InChI is InChI=1S/C53H64N10O8S/c1-33(2)59-21-19-58(20-22-59)29-36-30-70-47-26-39(25-44(63(65)66)49(47)55-36)72(67,68)57-51(64)41-11-10-37(24-43(41)62-45-23-35-12-15-54-50(35)56-52(45)71-48-32-69-31-46(48)62)60-17-13-53(14-18-60)27-38(28-53)61-16-6-9-42(61)40-8-5-4-7-34(40)3/h4-5,7-8,10-12,15,23-26,33,36,38,42,46,48,55H,6,9,13-14,16-22,27-32H2,1-3H3,(H,54,56)(H,57,64)/t36-,42+,46-,48-/m1/s1. The molecule has 0 bridgehead atoms. The summed E-state index contributed by atoms with van der Waals surface area (Å²) in [4.78, 5) is 46.2. The van der Waals surface area contributed by atoms with Crippen molar-refractivity contribution < 1.29 is 32.3 Å². The van der Waals surface area contributed by atoms with E-state index in [2.05, 4.69) is 79.7 Å². The van der Waals surface area contributed by atoms with Gasteiger partial charge in [-0.2, -0.15) is 4.98 Å². The molecule has 5 aromatic rings. The van der Waals surface area contributed by atoms with E-state index in [1.807, 2.05) is 35.4 Å². The van der Waals surface area contributed by atoms with E-state index >= 15 is 0 Å². The smallest absolute Gasteiger partial charge is 0.297 e. The number of ether oxygens (including phenoxy) is 3. The highest BCUT2D eigenvalue weighted by molar-refractivity contribution is 7.90. The number of carbonyl (C=O) groups excluding carboxylic acids is 1. The summed E-state index contributed by atoms with van der Waals surface area (Å²) >= 11 is 0. The SMILES string of the molecule is Cc1ccccc1[C@@H]1CCCN1C1CC2(CCN(c3ccc(C(=O)NS(=O)(=O)c4cc5c(c([N+](=O)[O-])c4)N[C@H](CN4CCN(C(C)C)CC4)CO5)c(N4c5cc6cc[nH]c6nc5O[C@@H]5COC[C@H]54)c3)CC2)C1. The molecule has 19 heteroatoms. The third kappa shape index (κ3) is 8.59. The summed E-state index contributed by atoms with van der Waals surface area (Å²) < 4.78 is 49.5. The van der Waals surface area contributed by atoms with Gasteiger partial charge in [0.25, 0.3) is 21.6 Å². The van der Waals surface area contributed by atoms with Crippen molar-refractivity contribution in [1.29, 1.82) is 0 Å². The van der Waals surface area contributed by atoms with Crippen molar-refractivity contribution in [3.8, 4) is 11.6 Å². The number of nitrogens with zero attached hydrogens (tertiary/aromatic N) is 7. The number of aromatic nitrogens is 2. The van der Waals surface area contributed by atoms with E-state index in [0.717, 1.165) is 75.8 Å². The molecule has 380 valence electrons. The van der Waals surface area contributed by atoms with Crippen LogP contribution in [0.3, 0.4) is 0 Å². The predicted octanol–water partition coefficient (Wildman–Crippen LogP) is 6.98. The minimum Gasteiger partial charge on any atom is -0.489 e. The minimum absolute atomic E-state index is 0.0342. The number of carbonyl (C=O) groups is 1. The van der Waals surface area contributed by atoms with E-state index in [4.69, 9.17) is 19.2 Å². The molecule has 8 heterocycles. The largest absolute Gasteiger partial charge is 0.489 e. The van der Waals surface area contributed by atoms with Crippen LogP contribution in [0.2, 0.25) is 0 Å². The van der Waals surface area contributed by atoms with Crippen LogP contribution in [-0.2, 0) is 14.8 Å². The fourth-order valence-corrected chi connectivity index (χ4v) is 13.9. The van der Waals surface area contributed by atoms with Crippen molar-refractivity contribution >= 4 is 55.4 Å². The van der Waals surface area contributed by atoms with Crippen LogP contribution in [0, 0.1) is 22.5 Å². The maximum atomic E-state index is 14.8. The van der Waals surface area contributed by atoms with E-state index in [0.29, 0.717) is 66.2 Å². The number of nitro benzene ring substituents is 1. The molecule has 2 aromatic heterocycles. The Morgan fingerprint density at radius 3 is 2.54 bits per heavy atom. The second kappa shape index (κ2) is 18.5. The second-order valence-corrected chi connectivity index (χ2v) is 23.1. The molecule has 3 N–H and O–H groups in total. The normalized spacial score (nSPS) is 24.6. The van der Waals surface area contributed by atoms with Gasteiger partial charge < -0.3 is 34.3 Å².